The van der Waals surface area contributed by atoms with Gasteiger partial charge in [-0.1, -0.05) is 3.89 Å². The maximum absolute atomic E-state index is 11.3. The van der Waals surface area contributed by atoms with Crippen LogP contribution in [-0.2, 0) is 26.3 Å². The molecule has 9 heteroatoms. The third-order valence-corrected chi connectivity index (χ3v) is 2.13. The Labute approximate surface area is 54.6 Å². The van der Waals surface area contributed by atoms with Crippen LogP contribution in [0.25, 0.3) is 0 Å². The van der Waals surface area contributed by atoms with E-state index in [-0.39, 0.29) is 0 Å². The Hall–Kier alpha value is 0.350. The van der Waals surface area contributed by atoms with Crippen molar-refractivity contribution in [1.82, 2.24) is 0 Å². The Kier molecular flexibility index (Phi) is 2.63. The van der Waals surface area contributed by atoms with E-state index in [1.807, 2.05) is 0 Å². The summed E-state index contributed by atoms with van der Waals surface area (Å²) in [6, 6.07) is 0. The molecule has 0 heterocycles. The minimum absolute atomic E-state index is 2.52. The molecule has 0 aliphatic rings. The fourth-order valence-electron chi connectivity index (χ4n) is 0.104. The van der Waals surface area contributed by atoms with E-state index in [4.69, 9.17) is 0 Å². The first kappa shape index (κ1) is 9.35. The summed E-state index contributed by atoms with van der Waals surface area (Å²) in [5.41, 5.74) is 0. The van der Waals surface area contributed by atoms with Gasteiger partial charge in [0.15, 0.2) is 0 Å². The minimum atomic E-state index is -5.59. The Bertz CT molecular complexity index is 223. The summed E-state index contributed by atoms with van der Waals surface area (Å²) in [5, 5.41) is 0. The van der Waals surface area contributed by atoms with Crippen molar-refractivity contribution in [2.24, 2.45) is 0 Å². The second kappa shape index (κ2) is 2.53. The van der Waals surface area contributed by atoms with Crippen molar-refractivity contribution in [3.8, 4) is 0 Å². The van der Waals surface area contributed by atoms with Crippen LogP contribution in [0.4, 0.5) is 12.3 Å². The van der Waals surface area contributed by atoms with Crippen LogP contribution in [0.2, 0.25) is 0 Å². The molecule has 0 aliphatic heterocycles. The van der Waals surface area contributed by atoms with Crippen LogP contribution in [0.15, 0.2) is 0 Å². The fourth-order valence-corrected chi connectivity index (χ4v) is 1.59. The van der Waals surface area contributed by atoms with Gasteiger partial charge in [0.2, 0.25) is 0 Å². The van der Waals surface area contributed by atoms with Crippen molar-refractivity contribution in [3.63, 3.8) is 0 Å². The lowest BCUT2D eigenvalue weighted by molar-refractivity contribution is 0.427. The molecule has 0 atom stereocenters. The highest BCUT2D eigenvalue weighted by Gasteiger charge is 2.24. The van der Waals surface area contributed by atoms with Gasteiger partial charge in [-0.3, -0.25) is 0 Å². The summed E-state index contributed by atoms with van der Waals surface area (Å²) in [5.74, 6) is 0. The van der Waals surface area contributed by atoms with E-state index in [9.17, 15) is 20.7 Å². The second-order valence-electron chi connectivity index (χ2n) is 0.882. The molecule has 0 fully saturated rings. The lowest BCUT2D eigenvalue weighted by atomic mass is 15.8. The van der Waals surface area contributed by atoms with E-state index in [1.54, 1.807) is 0 Å². The number of hydrogen-bond acceptors (Lipinski definition) is 4. The Morgan fingerprint density at radius 3 is 1.78 bits per heavy atom. The summed E-state index contributed by atoms with van der Waals surface area (Å²) in [6.07, 6.45) is 0. The van der Waals surface area contributed by atoms with Crippen molar-refractivity contribution in [3.05, 3.63) is 0 Å². The van der Waals surface area contributed by atoms with Crippen LogP contribution in [0.5, 0.6) is 0 Å². The first-order valence-electron chi connectivity index (χ1n) is 1.36. The van der Waals surface area contributed by atoms with Gasteiger partial charge in [0.25, 0.3) is 0 Å². The number of rotatable bonds is 2. The predicted octanol–water partition coefficient (Wildman–Crippen LogP) is 1.38. The quantitative estimate of drug-likeness (QED) is 0.499. The van der Waals surface area contributed by atoms with Crippen molar-refractivity contribution < 1.29 is 24.7 Å². The van der Waals surface area contributed by atoms with Gasteiger partial charge >= 0.3 is 17.4 Å². The van der Waals surface area contributed by atoms with Crippen molar-refractivity contribution in [2.45, 2.75) is 0 Å². The van der Waals surface area contributed by atoms with E-state index >= 15 is 0 Å². The SMILES string of the molecule is O=S(=O)(F)OP(F)(F)=S. The van der Waals surface area contributed by atoms with Crippen LogP contribution >= 0.6 is 6.89 Å². The number of hydrogen-bond donors (Lipinski definition) is 0. The van der Waals surface area contributed by atoms with Gasteiger partial charge in [0.05, 0.1) is 0 Å². The third-order valence-electron chi connectivity index (χ3n) is 0.176. The molecule has 0 aromatic rings. The lowest BCUT2D eigenvalue weighted by Gasteiger charge is -1.94. The van der Waals surface area contributed by atoms with Gasteiger partial charge in [-0.15, -0.1) is 0 Å². The average molecular weight is 200 g/mol. The zero-order valence-corrected chi connectivity index (χ0v) is 6.15. The summed E-state index contributed by atoms with van der Waals surface area (Å²) < 4.78 is 54.7. The molecule has 0 saturated heterocycles. The van der Waals surface area contributed by atoms with Crippen LogP contribution in [0.1, 0.15) is 0 Å². The molecule has 0 aliphatic carbocycles. The molecule has 3 nitrogen and oxygen atoms in total. The first-order chi connectivity index (χ1) is 3.71. The summed E-state index contributed by atoms with van der Waals surface area (Å²) in [4.78, 5) is 0. The average Bonchev–Trinajstić information content (AvgIpc) is 1.14. The fraction of sp³-hybridized carbons (Fsp3) is 0. The zero-order chi connectivity index (χ0) is 7.71. The lowest BCUT2D eigenvalue weighted by Crippen LogP contribution is -1.89. The Balaban J connectivity index is 4.26. The van der Waals surface area contributed by atoms with E-state index in [0.29, 0.717) is 0 Å². The Morgan fingerprint density at radius 1 is 1.44 bits per heavy atom. The summed E-state index contributed by atoms with van der Waals surface area (Å²) in [7, 11) is -5.59. The smallest absolute Gasteiger partial charge is 0.164 e. The summed E-state index contributed by atoms with van der Waals surface area (Å²) in [6.45, 7) is -5.42. The van der Waals surface area contributed by atoms with Crippen molar-refractivity contribution >= 4 is 29.2 Å². The first-order valence-corrected chi connectivity index (χ1v) is 5.17. The maximum atomic E-state index is 11.3. The molecule has 0 spiro atoms. The molecule has 0 radical (unpaired) electrons. The molecule has 9 heavy (non-hydrogen) atoms. The molecule has 0 N–H and O–H groups in total. The number of halogens is 3. The molecular weight excluding hydrogens is 200 g/mol. The van der Waals surface area contributed by atoms with Crippen molar-refractivity contribution in [2.75, 3.05) is 0 Å². The molecule has 0 aromatic carbocycles. The van der Waals surface area contributed by atoms with Gasteiger partial charge in [0, 0.05) is 11.8 Å². The van der Waals surface area contributed by atoms with Crippen LogP contribution < -0.4 is 0 Å². The molecule has 0 unspecified atom stereocenters. The molecular formula is F3O3PS2. The molecule has 0 saturated carbocycles. The van der Waals surface area contributed by atoms with Gasteiger partial charge in [-0.2, -0.15) is 20.8 Å². The molecule has 0 amide bonds. The van der Waals surface area contributed by atoms with Gasteiger partial charge in [-0.05, 0) is 0 Å². The van der Waals surface area contributed by atoms with Crippen molar-refractivity contribution in [1.29, 1.82) is 0 Å². The molecule has 56 valence electrons. The van der Waals surface area contributed by atoms with Crippen LogP contribution in [0.3, 0.4) is 0 Å². The van der Waals surface area contributed by atoms with Crippen LogP contribution in [0, 0.1) is 0 Å². The highest BCUT2D eigenvalue weighted by molar-refractivity contribution is 8.10. The minimum Gasteiger partial charge on any atom is -0.164 e. The zero-order valence-electron chi connectivity index (χ0n) is 3.62. The van der Waals surface area contributed by atoms with E-state index in [1.165, 1.54) is 0 Å². The Morgan fingerprint density at radius 2 is 1.78 bits per heavy atom. The largest absolute Gasteiger partial charge is 0.445 e. The highest BCUT2D eigenvalue weighted by Crippen LogP contribution is 2.52. The molecule has 0 aromatic heterocycles. The van der Waals surface area contributed by atoms with E-state index < -0.39 is 17.4 Å². The molecule has 0 rings (SSSR count). The maximum Gasteiger partial charge on any atom is 0.445 e. The molecule has 0 bridgehead atoms. The standard InChI is InChI=1S/F3O3PS2/c1-7(2,8)6-9(3,4)5. The highest BCUT2D eigenvalue weighted by atomic mass is 32.5. The third kappa shape index (κ3) is 8.35. The predicted molar refractivity (Wildman–Crippen MR) is 27.6 cm³/mol. The van der Waals surface area contributed by atoms with Gasteiger partial charge < -0.3 is 0 Å². The van der Waals surface area contributed by atoms with Gasteiger partial charge in [-0.25, -0.2) is 0 Å². The van der Waals surface area contributed by atoms with E-state index in [0.717, 1.165) is 0 Å². The second-order valence-corrected chi connectivity index (χ2v) is 4.37. The monoisotopic (exact) mass is 200 g/mol. The topological polar surface area (TPSA) is 43.4 Å². The normalized spacial score (nSPS) is 13.7. The summed E-state index contributed by atoms with van der Waals surface area (Å²) >= 11 is 3.17. The van der Waals surface area contributed by atoms with E-state index in [2.05, 4.69) is 15.8 Å². The van der Waals surface area contributed by atoms with Crippen LogP contribution in [-0.4, -0.2) is 8.42 Å². The van der Waals surface area contributed by atoms with Gasteiger partial charge in [0.1, 0.15) is 0 Å².